The molecule has 2 amide bonds. The molecule has 2 saturated heterocycles. The number of nitrogens with one attached hydrogen (secondary N) is 2. The van der Waals surface area contributed by atoms with E-state index in [-0.39, 0.29) is 42.3 Å². The third-order valence-electron chi connectivity index (χ3n) is 5.81. The molecule has 2 aliphatic heterocycles. The fourth-order valence-electron chi connectivity index (χ4n) is 4.18. The Bertz CT molecular complexity index is 830. The molecule has 0 saturated carbocycles. The zero-order chi connectivity index (χ0) is 23.3. The van der Waals surface area contributed by atoms with Crippen LogP contribution in [0.3, 0.4) is 0 Å². The summed E-state index contributed by atoms with van der Waals surface area (Å²) >= 11 is 0. The van der Waals surface area contributed by atoms with Crippen LogP contribution in [0, 0.1) is 5.92 Å². The Morgan fingerprint density at radius 2 is 2.03 bits per heavy atom. The Morgan fingerprint density at radius 3 is 2.72 bits per heavy atom. The number of likely N-dealkylation sites (tertiary alicyclic amines) is 1. The lowest BCUT2D eigenvalue weighted by Gasteiger charge is -2.33. The van der Waals surface area contributed by atoms with E-state index >= 15 is 0 Å². The number of esters is 1. The van der Waals surface area contributed by atoms with Gasteiger partial charge in [-0.05, 0) is 37.8 Å². The molecule has 0 aliphatic carbocycles. The van der Waals surface area contributed by atoms with Crippen molar-refractivity contribution in [3.8, 4) is 5.75 Å². The summed E-state index contributed by atoms with van der Waals surface area (Å²) in [6.45, 7) is 6.64. The normalized spacial score (nSPS) is 23.8. The Labute approximate surface area is 188 Å². The van der Waals surface area contributed by atoms with Crippen LogP contribution in [-0.4, -0.2) is 67.5 Å². The molecule has 32 heavy (non-hydrogen) atoms. The van der Waals surface area contributed by atoms with Crippen LogP contribution >= 0.6 is 0 Å². The van der Waals surface area contributed by atoms with E-state index in [1.807, 2.05) is 20.8 Å². The first-order valence-electron chi connectivity index (χ1n) is 11.2. The molecule has 2 N–H and O–H groups in total. The zero-order valence-corrected chi connectivity index (χ0v) is 19.1. The second-order valence-corrected chi connectivity index (χ2v) is 8.38. The SMILES string of the molecule is CCO[C@@H]1OC(=O)C[C@@H]1NC1CCCN1C(=O)[C@@H](NC(=O)c1ccccc1OC)C(C)C. The average Bonchev–Trinajstić information content (AvgIpc) is 3.37. The monoisotopic (exact) mass is 447 g/mol. The first-order valence-corrected chi connectivity index (χ1v) is 11.2. The lowest BCUT2D eigenvalue weighted by molar-refractivity contribution is -0.164. The van der Waals surface area contributed by atoms with Crippen molar-refractivity contribution in [1.29, 1.82) is 0 Å². The smallest absolute Gasteiger partial charge is 0.309 e. The van der Waals surface area contributed by atoms with Crippen molar-refractivity contribution in [2.24, 2.45) is 5.92 Å². The summed E-state index contributed by atoms with van der Waals surface area (Å²) in [5.74, 6) is -0.495. The standard InChI is InChI=1S/C23H33N3O6/c1-5-31-23-16(13-19(27)32-23)24-18-11-8-12-26(18)22(29)20(14(2)3)25-21(28)15-9-6-7-10-17(15)30-4/h6-7,9-10,14,16,18,20,23-24H,5,8,11-13H2,1-4H3,(H,25,28)/t16-,18?,20-,23+/m0/s1. The number of rotatable bonds is 9. The molecule has 0 radical (unpaired) electrons. The number of hydrogen-bond acceptors (Lipinski definition) is 7. The Balaban J connectivity index is 1.71. The first kappa shape index (κ1) is 24.0. The molecule has 2 fully saturated rings. The number of benzene rings is 1. The number of ether oxygens (including phenoxy) is 3. The van der Waals surface area contributed by atoms with Crippen LogP contribution in [0.15, 0.2) is 24.3 Å². The maximum Gasteiger partial charge on any atom is 0.309 e. The molecule has 0 aromatic heterocycles. The number of para-hydroxylation sites is 1. The lowest BCUT2D eigenvalue weighted by Crippen LogP contribution is -2.57. The second kappa shape index (κ2) is 10.8. The molecule has 1 aromatic carbocycles. The van der Waals surface area contributed by atoms with Crippen LogP contribution in [0.4, 0.5) is 0 Å². The van der Waals surface area contributed by atoms with Crippen molar-refractivity contribution in [1.82, 2.24) is 15.5 Å². The summed E-state index contributed by atoms with van der Waals surface area (Å²) in [6.07, 6.45) is 0.864. The minimum atomic E-state index is -0.695. The van der Waals surface area contributed by atoms with Gasteiger partial charge in [-0.2, -0.15) is 0 Å². The van der Waals surface area contributed by atoms with Crippen molar-refractivity contribution in [2.75, 3.05) is 20.3 Å². The fourth-order valence-corrected chi connectivity index (χ4v) is 4.18. The molecule has 9 heteroatoms. The van der Waals surface area contributed by atoms with Gasteiger partial charge in [0, 0.05) is 13.2 Å². The third kappa shape index (κ3) is 5.39. The Kier molecular flexibility index (Phi) is 8.09. The Hall–Kier alpha value is -2.65. The van der Waals surface area contributed by atoms with Crippen LogP contribution in [0.2, 0.25) is 0 Å². The van der Waals surface area contributed by atoms with Crippen molar-refractivity contribution >= 4 is 17.8 Å². The second-order valence-electron chi connectivity index (χ2n) is 8.38. The molecule has 2 heterocycles. The molecule has 9 nitrogen and oxygen atoms in total. The molecule has 2 aliphatic rings. The van der Waals surface area contributed by atoms with Crippen molar-refractivity contribution in [3.63, 3.8) is 0 Å². The van der Waals surface area contributed by atoms with Gasteiger partial charge in [0.15, 0.2) is 0 Å². The van der Waals surface area contributed by atoms with E-state index in [2.05, 4.69) is 10.6 Å². The van der Waals surface area contributed by atoms with E-state index in [0.717, 1.165) is 12.8 Å². The molecule has 176 valence electrons. The zero-order valence-electron chi connectivity index (χ0n) is 19.1. The van der Waals surface area contributed by atoms with Gasteiger partial charge in [0.25, 0.3) is 5.91 Å². The van der Waals surface area contributed by atoms with Gasteiger partial charge in [-0.15, -0.1) is 0 Å². The summed E-state index contributed by atoms with van der Waals surface area (Å²) in [7, 11) is 1.50. The van der Waals surface area contributed by atoms with E-state index < -0.39 is 12.3 Å². The number of methoxy groups -OCH3 is 1. The van der Waals surface area contributed by atoms with Gasteiger partial charge in [0.1, 0.15) is 11.8 Å². The van der Waals surface area contributed by atoms with E-state index in [1.54, 1.807) is 29.2 Å². The van der Waals surface area contributed by atoms with E-state index in [1.165, 1.54) is 7.11 Å². The maximum absolute atomic E-state index is 13.5. The van der Waals surface area contributed by atoms with Gasteiger partial charge in [-0.3, -0.25) is 19.7 Å². The largest absolute Gasteiger partial charge is 0.496 e. The molecular weight excluding hydrogens is 414 g/mol. The van der Waals surface area contributed by atoms with Gasteiger partial charge < -0.3 is 24.4 Å². The van der Waals surface area contributed by atoms with E-state index in [4.69, 9.17) is 14.2 Å². The molecule has 1 aromatic rings. The summed E-state index contributed by atoms with van der Waals surface area (Å²) in [5, 5.41) is 6.27. The van der Waals surface area contributed by atoms with E-state index in [9.17, 15) is 14.4 Å². The summed E-state index contributed by atoms with van der Waals surface area (Å²) in [4.78, 5) is 39.9. The molecule has 0 spiro atoms. The van der Waals surface area contributed by atoms with Crippen molar-refractivity contribution in [3.05, 3.63) is 29.8 Å². The van der Waals surface area contributed by atoms with Gasteiger partial charge in [-0.25, -0.2) is 0 Å². The van der Waals surface area contributed by atoms with Crippen LogP contribution < -0.4 is 15.4 Å². The quantitative estimate of drug-likeness (QED) is 0.555. The third-order valence-corrected chi connectivity index (χ3v) is 5.81. The van der Waals surface area contributed by atoms with Crippen molar-refractivity contribution < 1.29 is 28.6 Å². The summed E-state index contributed by atoms with van der Waals surface area (Å²) in [6, 6.07) is 5.90. The predicted molar refractivity (Wildman–Crippen MR) is 117 cm³/mol. The van der Waals surface area contributed by atoms with Crippen LogP contribution in [0.25, 0.3) is 0 Å². The van der Waals surface area contributed by atoms with Gasteiger partial charge >= 0.3 is 5.97 Å². The number of cyclic esters (lactones) is 1. The van der Waals surface area contributed by atoms with Gasteiger partial charge in [-0.1, -0.05) is 26.0 Å². The molecule has 1 unspecified atom stereocenters. The summed E-state index contributed by atoms with van der Waals surface area (Å²) in [5.41, 5.74) is 0.380. The van der Waals surface area contributed by atoms with Crippen LogP contribution in [0.5, 0.6) is 5.75 Å². The van der Waals surface area contributed by atoms with Crippen LogP contribution in [0.1, 0.15) is 50.4 Å². The highest BCUT2D eigenvalue weighted by atomic mass is 16.7. The van der Waals surface area contributed by atoms with Gasteiger partial charge in [0.05, 0.1) is 31.3 Å². The molecule has 4 atom stereocenters. The van der Waals surface area contributed by atoms with Crippen molar-refractivity contribution in [2.45, 2.75) is 64.6 Å². The van der Waals surface area contributed by atoms with Crippen LogP contribution in [-0.2, 0) is 19.1 Å². The number of carbonyl (C=O) groups is 3. The number of amides is 2. The fraction of sp³-hybridized carbons (Fsp3) is 0.609. The first-order chi connectivity index (χ1) is 15.3. The number of carbonyl (C=O) groups excluding carboxylic acids is 3. The highest BCUT2D eigenvalue weighted by Crippen LogP contribution is 2.24. The molecule has 0 bridgehead atoms. The topological polar surface area (TPSA) is 106 Å². The average molecular weight is 448 g/mol. The Morgan fingerprint density at radius 1 is 1.28 bits per heavy atom. The molecule has 3 rings (SSSR count). The number of hydrogen-bond donors (Lipinski definition) is 2. The number of nitrogens with zero attached hydrogens (tertiary/aromatic N) is 1. The van der Waals surface area contributed by atoms with Gasteiger partial charge in [0.2, 0.25) is 12.2 Å². The minimum absolute atomic E-state index is 0.116. The minimum Gasteiger partial charge on any atom is -0.496 e. The maximum atomic E-state index is 13.5. The highest BCUT2D eigenvalue weighted by molar-refractivity contribution is 5.99. The lowest BCUT2D eigenvalue weighted by atomic mass is 10.0. The predicted octanol–water partition coefficient (Wildman–Crippen LogP) is 1.67. The highest BCUT2D eigenvalue weighted by Gasteiger charge is 2.41. The summed E-state index contributed by atoms with van der Waals surface area (Å²) < 4.78 is 16.0. The molecular formula is C23H33N3O6. The van der Waals surface area contributed by atoms with E-state index in [0.29, 0.717) is 24.5 Å².